The van der Waals surface area contributed by atoms with Crippen LogP contribution in [-0.2, 0) is 0 Å². The van der Waals surface area contributed by atoms with Gasteiger partial charge < -0.3 is 14.9 Å². The Morgan fingerprint density at radius 3 is 2.18 bits per heavy atom. The smallest absolute Gasteiger partial charge is 0.156 e. The molecule has 0 atom stereocenters. The average Bonchev–Trinajstić information content (AvgIpc) is 2.46. The second kappa shape index (κ2) is 8.42. The fraction of sp³-hybridized carbons (Fsp3) is 0.250. The molecule has 0 aliphatic heterocycles. The van der Waals surface area contributed by atoms with Gasteiger partial charge in [0.25, 0.3) is 0 Å². The van der Waals surface area contributed by atoms with Crippen LogP contribution in [0.25, 0.3) is 0 Å². The molecule has 0 spiro atoms. The molecule has 2 aromatic rings. The van der Waals surface area contributed by atoms with Gasteiger partial charge in [-0.25, -0.2) is 0 Å². The molecular formula is C16H16Cl2O3S. The van der Waals surface area contributed by atoms with E-state index in [0.717, 1.165) is 23.5 Å². The van der Waals surface area contributed by atoms with Crippen LogP contribution in [0.15, 0.2) is 41.3 Å². The van der Waals surface area contributed by atoms with Crippen molar-refractivity contribution in [3.8, 4) is 17.2 Å². The van der Waals surface area contributed by atoms with E-state index in [-0.39, 0.29) is 11.5 Å². The number of hydrogen-bond acceptors (Lipinski definition) is 4. The minimum atomic E-state index is 0.0210. The summed E-state index contributed by atoms with van der Waals surface area (Å²) in [5.74, 6) is 1.67. The zero-order chi connectivity index (χ0) is 15.9. The fourth-order valence-electron chi connectivity index (χ4n) is 1.80. The van der Waals surface area contributed by atoms with Gasteiger partial charge in [-0.1, -0.05) is 23.2 Å². The van der Waals surface area contributed by atoms with Crippen molar-refractivity contribution in [2.24, 2.45) is 0 Å². The van der Waals surface area contributed by atoms with Gasteiger partial charge in [0.2, 0.25) is 0 Å². The van der Waals surface area contributed by atoms with Gasteiger partial charge in [0.05, 0.1) is 16.7 Å². The molecule has 0 bridgehead atoms. The Labute approximate surface area is 143 Å². The number of benzene rings is 2. The van der Waals surface area contributed by atoms with Crippen LogP contribution in [0.3, 0.4) is 0 Å². The second-order valence-electron chi connectivity index (χ2n) is 4.64. The molecule has 0 radical (unpaired) electrons. The van der Waals surface area contributed by atoms with Gasteiger partial charge >= 0.3 is 0 Å². The van der Waals surface area contributed by atoms with Crippen molar-refractivity contribution in [1.82, 2.24) is 0 Å². The van der Waals surface area contributed by atoms with Crippen LogP contribution in [0.4, 0.5) is 0 Å². The Hall–Kier alpha value is -1.23. The summed E-state index contributed by atoms with van der Waals surface area (Å²) in [4.78, 5) is 1.13. The maximum Gasteiger partial charge on any atom is 0.156 e. The minimum absolute atomic E-state index is 0.0210. The van der Waals surface area contributed by atoms with Gasteiger partial charge in [-0.15, -0.1) is 11.8 Å². The Bertz CT molecular complexity index is 594. The summed E-state index contributed by atoms with van der Waals surface area (Å²) in [6, 6.07) is 9.96. The Kier molecular flexibility index (Phi) is 6.55. The van der Waals surface area contributed by atoms with Crippen molar-refractivity contribution < 1.29 is 14.9 Å². The Morgan fingerprint density at radius 1 is 0.909 bits per heavy atom. The molecule has 0 aromatic heterocycles. The number of unbranched alkanes of at least 4 members (excludes halogenated alkanes) is 1. The van der Waals surface area contributed by atoms with E-state index in [2.05, 4.69) is 0 Å². The van der Waals surface area contributed by atoms with Crippen molar-refractivity contribution in [1.29, 1.82) is 0 Å². The van der Waals surface area contributed by atoms with E-state index in [1.54, 1.807) is 23.9 Å². The summed E-state index contributed by atoms with van der Waals surface area (Å²) < 4.78 is 5.57. The van der Waals surface area contributed by atoms with Crippen LogP contribution < -0.4 is 4.74 Å². The van der Waals surface area contributed by atoms with Crippen LogP contribution in [-0.4, -0.2) is 22.6 Å². The highest BCUT2D eigenvalue weighted by Gasteiger charge is 2.09. The van der Waals surface area contributed by atoms with Gasteiger partial charge in [-0.05, 0) is 42.9 Å². The van der Waals surface area contributed by atoms with E-state index < -0.39 is 0 Å². The summed E-state index contributed by atoms with van der Waals surface area (Å²) in [6.07, 6.45) is 1.86. The molecule has 0 fully saturated rings. The van der Waals surface area contributed by atoms with Gasteiger partial charge in [-0.3, -0.25) is 0 Å². The molecule has 0 aliphatic carbocycles. The monoisotopic (exact) mass is 358 g/mol. The molecule has 2 aromatic carbocycles. The van der Waals surface area contributed by atoms with Crippen molar-refractivity contribution in [2.75, 3.05) is 12.4 Å². The van der Waals surface area contributed by atoms with Crippen LogP contribution in [0, 0.1) is 0 Å². The van der Waals surface area contributed by atoms with E-state index in [0.29, 0.717) is 22.4 Å². The third-order valence-corrected chi connectivity index (χ3v) is 4.53. The first kappa shape index (κ1) is 17.1. The number of hydrogen-bond donors (Lipinski definition) is 2. The third-order valence-electron chi connectivity index (χ3n) is 2.87. The molecule has 0 unspecified atom stereocenters. The lowest BCUT2D eigenvalue weighted by atomic mass is 10.3. The number of halogens is 2. The van der Waals surface area contributed by atoms with Crippen molar-refractivity contribution in [2.45, 2.75) is 17.7 Å². The maximum absolute atomic E-state index is 9.34. The summed E-state index contributed by atoms with van der Waals surface area (Å²) in [5, 5.41) is 19.2. The molecule has 0 saturated heterocycles. The first-order chi connectivity index (χ1) is 10.6. The molecule has 0 aliphatic rings. The summed E-state index contributed by atoms with van der Waals surface area (Å²) >= 11 is 13.7. The third kappa shape index (κ3) is 5.20. The fourth-order valence-corrected chi connectivity index (χ4v) is 3.29. The number of thioether (sulfide) groups is 1. The van der Waals surface area contributed by atoms with Crippen LogP contribution in [0.1, 0.15) is 12.8 Å². The molecule has 118 valence electrons. The van der Waals surface area contributed by atoms with Crippen molar-refractivity contribution in [3.05, 3.63) is 46.4 Å². The lowest BCUT2D eigenvalue weighted by Gasteiger charge is -2.10. The predicted molar refractivity (Wildman–Crippen MR) is 91.7 cm³/mol. The first-order valence-corrected chi connectivity index (χ1v) is 8.53. The zero-order valence-corrected chi connectivity index (χ0v) is 14.1. The normalized spacial score (nSPS) is 10.6. The highest BCUT2D eigenvalue weighted by molar-refractivity contribution is 7.99. The van der Waals surface area contributed by atoms with Crippen LogP contribution >= 0.6 is 35.0 Å². The van der Waals surface area contributed by atoms with Crippen molar-refractivity contribution >= 4 is 35.0 Å². The summed E-state index contributed by atoms with van der Waals surface area (Å²) in [5.41, 5.74) is 0. The molecule has 6 heteroatoms. The van der Waals surface area contributed by atoms with Gasteiger partial charge in [-0.2, -0.15) is 0 Å². The Balaban J connectivity index is 1.68. The molecule has 3 nitrogen and oxygen atoms in total. The summed E-state index contributed by atoms with van der Waals surface area (Å²) in [7, 11) is 0. The SMILES string of the molecule is Oc1ccc(SCCCCOc2c(Cl)cc(O)cc2Cl)cc1. The first-order valence-electron chi connectivity index (χ1n) is 6.79. The lowest BCUT2D eigenvalue weighted by molar-refractivity contribution is 0.309. The zero-order valence-electron chi connectivity index (χ0n) is 11.8. The number of rotatable bonds is 7. The molecular weight excluding hydrogens is 343 g/mol. The van der Waals surface area contributed by atoms with E-state index in [4.69, 9.17) is 27.9 Å². The molecule has 2 rings (SSSR count). The topological polar surface area (TPSA) is 49.7 Å². The predicted octanol–water partition coefficient (Wildman–Crippen LogP) is 5.36. The second-order valence-corrected chi connectivity index (χ2v) is 6.62. The van der Waals surface area contributed by atoms with Gasteiger partial charge in [0.15, 0.2) is 5.75 Å². The highest BCUT2D eigenvalue weighted by Crippen LogP contribution is 2.36. The molecule has 0 heterocycles. The summed E-state index contributed by atoms with van der Waals surface area (Å²) in [6.45, 7) is 0.514. The van der Waals surface area contributed by atoms with Gasteiger partial charge in [0, 0.05) is 17.0 Å². The molecule has 22 heavy (non-hydrogen) atoms. The molecule has 2 N–H and O–H groups in total. The van der Waals surface area contributed by atoms with E-state index in [9.17, 15) is 10.2 Å². The van der Waals surface area contributed by atoms with E-state index in [1.165, 1.54) is 12.1 Å². The van der Waals surface area contributed by atoms with E-state index in [1.807, 2.05) is 12.1 Å². The van der Waals surface area contributed by atoms with E-state index >= 15 is 0 Å². The molecule has 0 saturated carbocycles. The molecule has 0 amide bonds. The Morgan fingerprint density at radius 2 is 1.55 bits per heavy atom. The largest absolute Gasteiger partial charge is 0.508 e. The van der Waals surface area contributed by atoms with Crippen molar-refractivity contribution in [3.63, 3.8) is 0 Å². The quantitative estimate of drug-likeness (QED) is 0.516. The minimum Gasteiger partial charge on any atom is -0.508 e. The standard InChI is InChI=1S/C16H16Cl2O3S/c17-14-9-12(20)10-15(18)16(14)21-7-1-2-8-22-13-5-3-11(19)4-6-13/h3-6,9-10,19-20H,1-2,7-8H2. The number of ether oxygens (including phenoxy) is 1. The van der Waals surface area contributed by atoms with Crippen LogP contribution in [0.2, 0.25) is 10.0 Å². The van der Waals surface area contributed by atoms with Gasteiger partial charge in [0.1, 0.15) is 11.5 Å². The maximum atomic E-state index is 9.34. The number of aromatic hydroxyl groups is 2. The number of phenolic OH excluding ortho intramolecular Hbond substituents is 2. The highest BCUT2D eigenvalue weighted by atomic mass is 35.5. The average molecular weight is 359 g/mol. The number of phenols is 2. The lowest BCUT2D eigenvalue weighted by Crippen LogP contribution is -1.99. The van der Waals surface area contributed by atoms with Crippen LogP contribution in [0.5, 0.6) is 17.2 Å².